The summed E-state index contributed by atoms with van der Waals surface area (Å²) in [7, 11) is -3.92. The van der Waals surface area contributed by atoms with E-state index >= 15 is 0 Å². The van der Waals surface area contributed by atoms with Gasteiger partial charge in [-0.2, -0.15) is 4.31 Å². The number of halogens is 1. The Balaban J connectivity index is 1.74. The van der Waals surface area contributed by atoms with Gasteiger partial charge in [0.25, 0.3) is 5.91 Å². The highest BCUT2D eigenvalue weighted by molar-refractivity contribution is 7.89. The highest BCUT2D eigenvalue weighted by atomic mass is 32.2. The van der Waals surface area contributed by atoms with Crippen LogP contribution in [0, 0.1) is 5.82 Å². The first-order chi connectivity index (χ1) is 12.9. The van der Waals surface area contributed by atoms with Gasteiger partial charge in [-0.15, -0.1) is 0 Å². The number of hydrogen-bond donors (Lipinski definition) is 1. The van der Waals surface area contributed by atoms with E-state index in [-0.39, 0.29) is 11.5 Å². The topological polar surface area (TPSA) is 66.5 Å². The summed E-state index contributed by atoms with van der Waals surface area (Å²) in [6.45, 7) is 3.15. The molecule has 0 saturated carbocycles. The molecule has 1 unspecified atom stereocenters. The Bertz CT molecular complexity index is 910. The van der Waals surface area contributed by atoms with E-state index in [0.29, 0.717) is 19.6 Å². The van der Waals surface area contributed by atoms with E-state index < -0.39 is 26.6 Å². The van der Waals surface area contributed by atoms with E-state index in [9.17, 15) is 17.6 Å². The molecule has 27 heavy (non-hydrogen) atoms. The molecule has 1 saturated heterocycles. The van der Waals surface area contributed by atoms with E-state index in [2.05, 4.69) is 5.32 Å². The minimum Gasteiger partial charge on any atom is -0.351 e. The largest absolute Gasteiger partial charge is 0.351 e. The zero-order valence-electron chi connectivity index (χ0n) is 15.2. The van der Waals surface area contributed by atoms with Crippen LogP contribution >= 0.6 is 0 Å². The molecule has 1 N–H and O–H groups in total. The average molecular weight is 390 g/mol. The minimum atomic E-state index is -3.92. The standard InChI is InChI=1S/C20H23FN2O3S/c1-15(16-7-3-2-4-8-16)14-22-20(24)17-9-10-18(21)19(13-17)27(25,26)23-11-5-6-12-23/h2-4,7-10,13,15H,5-6,11-12,14H2,1H3,(H,22,24). The Morgan fingerprint density at radius 1 is 1.15 bits per heavy atom. The van der Waals surface area contributed by atoms with Gasteiger partial charge in [0.15, 0.2) is 0 Å². The highest BCUT2D eigenvalue weighted by Gasteiger charge is 2.30. The fraction of sp³-hybridized carbons (Fsp3) is 0.350. The monoisotopic (exact) mass is 390 g/mol. The van der Waals surface area contributed by atoms with Gasteiger partial charge in [-0.25, -0.2) is 12.8 Å². The van der Waals surface area contributed by atoms with Gasteiger partial charge in [0, 0.05) is 25.2 Å². The number of benzene rings is 2. The summed E-state index contributed by atoms with van der Waals surface area (Å²) in [5, 5.41) is 2.80. The zero-order chi connectivity index (χ0) is 19.4. The second-order valence-electron chi connectivity index (χ2n) is 6.78. The summed E-state index contributed by atoms with van der Waals surface area (Å²) in [5.41, 5.74) is 1.23. The van der Waals surface area contributed by atoms with Crippen molar-refractivity contribution in [3.8, 4) is 0 Å². The van der Waals surface area contributed by atoms with Crippen molar-refractivity contribution in [2.45, 2.75) is 30.6 Å². The van der Waals surface area contributed by atoms with Crippen molar-refractivity contribution in [3.63, 3.8) is 0 Å². The minimum absolute atomic E-state index is 0.100. The van der Waals surface area contributed by atoms with Gasteiger partial charge < -0.3 is 5.32 Å². The molecule has 3 rings (SSSR count). The van der Waals surface area contributed by atoms with E-state index in [0.717, 1.165) is 30.5 Å². The molecule has 5 nitrogen and oxygen atoms in total. The fourth-order valence-corrected chi connectivity index (χ4v) is 4.76. The molecular weight excluding hydrogens is 367 g/mol. The summed E-state index contributed by atoms with van der Waals surface area (Å²) in [5.74, 6) is -1.16. The Morgan fingerprint density at radius 3 is 2.48 bits per heavy atom. The molecule has 1 aliphatic heterocycles. The van der Waals surface area contributed by atoms with E-state index in [1.54, 1.807) is 0 Å². The van der Waals surface area contributed by atoms with Crippen LogP contribution in [-0.4, -0.2) is 38.3 Å². The smallest absolute Gasteiger partial charge is 0.251 e. The molecule has 144 valence electrons. The van der Waals surface area contributed by atoms with Gasteiger partial charge in [0.2, 0.25) is 10.0 Å². The van der Waals surface area contributed by atoms with Gasteiger partial charge in [-0.05, 0) is 42.5 Å². The molecule has 0 aliphatic carbocycles. The summed E-state index contributed by atoms with van der Waals surface area (Å²) >= 11 is 0. The van der Waals surface area contributed by atoms with Crippen LogP contribution in [0.3, 0.4) is 0 Å². The van der Waals surface area contributed by atoms with Crippen molar-refractivity contribution >= 4 is 15.9 Å². The van der Waals surface area contributed by atoms with Gasteiger partial charge in [-0.1, -0.05) is 37.3 Å². The quantitative estimate of drug-likeness (QED) is 0.824. The lowest BCUT2D eigenvalue weighted by Crippen LogP contribution is -2.30. The lowest BCUT2D eigenvalue weighted by molar-refractivity contribution is 0.0951. The van der Waals surface area contributed by atoms with Crippen molar-refractivity contribution < 1.29 is 17.6 Å². The molecule has 7 heteroatoms. The molecule has 1 fully saturated rings. The lowest BCUT2D eigenvalue weighted by Gasteiger charge is -2.17. The van der Waals surface area contributed by atoms with Crippen LogP contribution in [0.15, 0.2) is 53.4 Å². The Morgan fingerprint density at radius 2 is 1.81 bits per heavy atom. The van der Waals surface area contributed by atoms with Crippen molar-refractivity contribution in [1.29, 1.82) is 0 Å². The van der Waals surface area contributed by atoms with Crippen molar-refractivity contribution in [3.05, 3.63) is 65.5 Å². The van der Waals surface area contributed by atoms with Crippen LogP contribution in [0.25, 0.3) is 0 Å². The maximum absolute atomic E-state index is 14.2. The number of hydrogen-bond acceptors (Lipinski definition) is 3. The molecule has 0 bridgehead atoms. The molecule has 1 aliphatic rings. The third kappa shape index (κ3) is 4.36. The van der Waals surface area contributed by atoms with Crippen LogP contribution in [-0.2, 0) is 10.0 Å². The van der Waals surface area contributed by atoms with Crippen LogP contribution in [0.2, 0.25) is 0 Å². The van der Waals surface area contributed by atoms with Crippen molar-refractivity contribution in [1.82, 2.24) is 9.62 Å². The zero-order valence-corrected chi connectivity index (χ0v) is 16.0. The van der Waals surface area contributed by atoms with E-state index in [1.807, 2.05) is 37.3 Å². The van der Waals surface area contributed by atoms with Crippen molar-refractivity contribution in [2.75, 3.05) is 19.6 Å². The van der Waals surface area contributed by atoms with E-state index in [4.69, 9.17) is 0 Å². The average Bonchev–Trinajstić information content (AvgIpc) is 3.22. The molecule has 1 heterocycles. The summed E-state index contributed by atoms with van der Waals surface area (Å²) < 4.78 is 40.7. The molecule has 1 amide bonds. The Hall–Kier alpha value is -2.25. The molecule has 0 radical (unpaired) electrons. The number of carbonyl (C=O) groups excluding carboxylic acids is 1. The number of carbonyl (C=O) groups is 1. The third-order valence-corrected chi connectivity index (χ3v) is 6.73. The molecular formula is C20H23FN2O3S. The second kappa shape index (κ2) is 8.19. The van der Waals surface area contributed by atoms with Crippen LogP contribution in [0.1, 0.15) is 41.6 Å². The van der Waals surface area contributed by atoms with Crippen LogP contribution < -0.4 is 5.32 Å². The van der Waals surface area contributed by atoms with Gasteiger partial charge in [0.05, 0.1) is 0 Å². The Kier molecular flexibility index (Phi) is 5.92. The SMILES string of the molecule is CC(CNC(=O)c1ccc(F)c(S(=O)(=O)N2CCCC2)c1)c1ccccc1. The predicted molar refractivity (Wildman–Crippen MR) is 102 cm³/mol. The lowest BCUT2D eigenvalue weighted by atomic mass is 10.0. The Labute approximate surface area is 159 Å². The van der Waals surface area contributed by atoms with Gasteiger partial charge >= 0.3 is 0 Å². The predicted octanol–water partition coefficient (Wildman–Crippen LogP) is 3.14. The maximum atomic E-state index is 14.2. The number of nitrogens with zero attached hydrogens (tertiary/aromatic N) is 1. The first-order valence-corrected chi connectivity index (χ1v) is 10.5. The number of rotatable bonds is 6. The molecule has 1 atom stereocenters. The second-order valence-corrected chi connectivity index (χ2v) is 8.68. The first kappa shape index (κ1) is 19.5. The fourth-order valence-electron chi connectivity index (χ4n) is 3.16. The number of nitrogens with one attached hydrogen (secondary N) is 1. The molecule has 2 aromatic rings. The number of sulfonamides is 1. The van der Waals surface area contributed by atoms with Gasteiger partial charge in [0.1, 0.15) is 10.7 Å². The normalized spacial score (nSPS) is 16.2. The summed E-state index contributed by atoms with van der Waals surface area (Å²) in [6.07, 6.45) is 1.52. The van der Waals surface area contributed by atoms with Gasteiger partial charge in [-0.3, -0.25) is 4.79 Å². The third-order valence-electron chi connectivity index (χ3n) is 4.81. The molecule has 0 aromatic heterocycles. The highest BCUT2D eigenvalue weighted by Crippen LogP contribution is 2.24. The number of amides is 1. The summed E-state index contributed by atoms with van der Waals surface area (Å²) in [4.78, 5) is 12.0. The molecule has 0 spiro atoms. The first-order valence-electron chi connectivity index (χ1n) is 9.02. The molecule has 2 aromatic carbocycles. The maximum Gasteiger partial charge on any atom is 0.251 e. The van der Waals surface area contributed by atoms with Crippen LogP contribution in [0.5, 0.6) is 0 Å². The van der Waals surface area contributed by atoms with E-state index in [1.165, 1.54) is 10.4 Å². The van der Waals surface area contributed by atoms with Crippen molar-refractivity contribution in [2.24, 2.45) is 0 Å². The summed E-state index contributed by atoms with van der Waals surface area (Å²) in [6, 6.07) is 13.2. The van der Waals surface area contributed by atoms with Crippen LogP contribution in [0.4, 0.5) is 4.39 Å².